The molecule has 1 unspecified atom stereocenters. The number of unbranched alkanes of at least 4 members (excludes halogenated alkanes) is 14. The standard InChI is InChI=1S/C31H58O4.C10H21NO2/c1-4-7-10-13-14-18-23-28-34-30(32)26-21-16-15-17-22-27-31(33)35-29(24-19-11-8-5-2)25-20-12-9-6-3;1-3-6-9(4-2)13-10(12)7-5-8-11/h18,23,29H,4-17,19-22,24-28H2,1-3H3;9H,3-8,11H2,1-2H3/b23-18-;. The first-order valence-corrected chi connectivity index (χ1v) is 20.3. The molecule has 0 amide bonds. The van der Waals surface area contributed by atoms with Crippen LogP contribution in [0.25, 0.3) is 0 Å². The maximum absolute atomic E-state index is 12.3. The molecule has 0 radical (unpaired) electrons. The highest BCUT2D eigenvalue weighted by Crippen LogP contribution is 2.17. The van der Waals surface area contributed by atoms with E-state index in [1.54, 1.807) is 0 Å². The van der Waals surface area contributed by atoms with Crippen LogP contribution in [0.2, 0.25) is 0 Å². The normalized spacial score (nSPS) is 11.7. The Kier molecular flexibility index (Phi) is 39.7. The van der Waals surface area contributed by atoms with Crippen molar-refractivity contribution in [2.75, 3.05) is 13.2 Å². The molecule has 0 aliphatic rings. The molecule has 0 aromatic heterocycles. The number of rotatable bonds is 33. The summed E-state index contributed by atoms with van der Waals surface area (Å²) >= 11 is 0. The zero-order valence-corrected chi connectivity index (χ0v) is 32.3. The quantitative estimate of drug-likeness (QED) is 0.0318. The van der Waals surface area contributed by atoms with Gasteiger partial charge in [0.1, 0.15) is 18.8 Å². The van der Waals surface area contributed by atoms with Crippen molar-refractivity contribution < 1.29 is 28.6 Å². The third kappa shape index (κ3) is 36.9. The van der Waals surface area contributed by atoms with Gasteiger partial charge in [0.25, 0.3) is 0 Å². The van der Waals surface area contributed by atoms with Crippen molar-refractivity contribution in [3.8, 4) is 0 Å². The van der Waals surface area contributed by atoms with E-state index in [2.05, 4.69) is 33.8 Å². The van der Waals surface area contributed by atoms with E-state index in [4.69, 9.17) is 19.9 Å². The van der Waals surface area contributed by atoms with Crippen molar-refractivity contribution in [1.29, 1.82) is 0 Å². The van der Waals surface area contributed by atoms with E-state index in [0.29, 0.717) is 32.4 Å². The second kappa shape index (κ2) is 39.5. The van der Waals surface area contributed by atoms with Gasteiger partial charge in [0.15, 0.2) is 0 Å². The van der Waals surface area contributed by atoms with Crippen molar-refractivity contribution in [2.45, 2.75) is 220 Å². The molecule has 0 aliphatic carbocycles. The Morgan fingerprint density at radius 2 is 0.979 bits per heavy atom. The molecule has 2 N–H and O–H groups in total. The molecule has 0 bridgehead atoms. The molecule has 0 fully saturated rings. The minimum Gasteiger partial charge on any atom is -0.462 e. The average molecular weight is 682 g/mol. The fourth-order valence-electron chi connectivity index (χ4n) is 5.42. The number of hydrogen-bond donors (Lipinski definition) is 1. The van der Waals surface area contributed by atoms with Gasteiger partial charge in [0, 0.05) is 19.3 Å². The monoisotopic (exact) mass is 682 g/mol. The second-order valence-electron chi connectivity index (χ2n) is 13.3. The number of allylic oxidation sites excluding steroid dienone is 1. The zero-order valence-electron chi connectivity index (χ0n) is 32.3. The third-order valence-corrected chi connectivity index (χ3v) is 8.50. The van der Waals surface area contributed by atoms with E-state index < -0.39 is 0 Å². The van der Waals surface area contributed by atoms with Crippen LogP contribution in [-0.2, 0) is 28.6 Å². The van der Waals surface area contributed by atoms with Crippen molar-refractivity contribution in [3.05, 3.63) is 12.2 Å². The lowest BCUT2D eigenvalue weighted by molar-refractivity contribution is -0.150. The number of hydrogen-bond acceptors (Lipinski definition) is 7. The summed E-state index contributed by atoms with van der Waals surface area (Å²) in [5.41, 5.74) is 5.29. The van der Waals surface area contributed by atoms with Crippen LogP contribution in [0.15, 0.2) is 12.2 Å². The van der Waals surface area contributed by atoms with Crippen LogP contribution in [-0.4, -0.2) is 43.3 Å². The fraction of sp³-hybridized carbons (Fsp3) is 0.878. The van der Waals surface area contributed by atoms with Gasteiger partial charge in [0.2, 0.25) is 0 Å². The molecule has 0 aromatic carbocycles. The molecule has 0 saturated heterocycles. The van der Waals surface area contributed by atoms with Crippen LogP contribution in [0.4, 0.5) is 0 Å². The molecule has 0 rings (SSSR count). The first-order chi connectivity index (χ1) is 23.4. The summed E-state index contributed by atoms with van der Waals surface area (Å²) in [5.74, 6) is -0.234. The SMILES string of the molecule is CCCC(CC)OC(=O)CCCN.CCCCCC/C=C\COC(=O)CCCCCCCC(=O)OC(CCCCCC)CCCCCC. The molecule has 0 heterocycles. The number of esters is 3. The molecule has 0 aliphatic heterocycles. The number of carbonyl (C=O) groups is 3. The Balaban J connectivity index is 0. The summed E-state index contributed by atoms with van der Waals surface area (Å²) in [5, 5.41) is 0. The Morgan fingerprint density at radius 3 is 1.50 bits per heavy atom. The number of nitrogens with two attached hydrogens (primary N) is 1. The lowest BCUT2D eigenvalue weighted by Gasteiger charge is -2.18. The third-order valence-electron chi connectivity index (χ3n) is 8.50. The minimum atomic E-state index is -0.106. The maximum Gasteiger partial charge on any atom is 0.306 e. The second-order valence-corrected chi connectivity index (χ2v) is 13.3. The highest BCUT2D eigenvalue weighted by atomic mass is 16.5. The summed E-state index contributed by atoms with van der Waals surface area (Å²) in [7, 11) is 0. The van der Waals surface area contributed by atoms with Crippen LogP contribution in [0, 0.1) is 0 Å². The lowest BCUT2D eigenvalue weighted by atomic mass is 10.0. The molecular formula is C41H79NO6. The average Bonchev–Trinajstić information content (AvgIpc) is 3.08. The summed E-state index contributed by atoms with van der Waals surface area (Å²) in [4.78, 5) is 35.3. The van der Waals surface area contributed by atoms with Crippen LogP contribution < -0.4 is 5.73 Å². The van der Waals surface area contributed by atoms with E-state index in [1.165, 1.54) is 64.2 Å². The van der Waals surface area contributed by atoms with E-state index in [9.17, 15) is 14.4 Å². The summed E-state index contributed by atoms with van der Waals surface area (Å²) in [6.07, 6.45) is 32.2. The Hall–Kier alpha value is -1.89. The van der Waals surface area contributed by atoms with Gasteiger partial charge in [-0.15, -0.1) is 0 Å². The molecule has 7 heteroatoms. The van der Waals surface area contributed by atoms with Gasteiger partial charge in [-0.05, 0) is 77.2 Å². The van der Waals surface area contributed by atoms with Crippen LogP contribution in [0.1, 0.15) is 208 Å². The van der Waals surface area contributed by atoms with Crippen LogP contribution in [0.5, 0.6) is 0 Å². The van der Waals surface area contributed by atoms with Crippen LogP contribution >= 0.6 is 0 Å². The highest BCUT2D eigenvalue weighted by Gasteiger charge is 2.14. The number of ether oxygens (including phenoxy) is 3. The van der Waals surface area contributed by atoms with Crippen LogP contribution in [0.3, 0.4) is 0 Å². The Morgan fingerprint density at radius 1 is 0.500 bits per heavy atom. The summed E-state index contributed by atoms with van der Waals surface area (Å²) < 4.78 is 16.4. The summed E-state index contributed by atoms with van der Waals surface area (Å²) in [6, 6.07) is 0. The van der Waals surface area contributed by atoms with Crippen molar-refractivity contribution in [3.63, 3.8) is 0 Å². The molecule has 284 valence electrons. The van der Waals surface area contributed by atoms with E-state index in [1.807, 2.05) is 13.0 Å². The van der Waals surface area contributed by atoms with Gasteiger partial charge in [-0.25, -0.2) is 0 Å². The van der Waals surface area contributed by atoms with Gasteiger partial charge in [0.05, 0.1) is 0 Å². The topological polar surface area (TPSA) is 105 Å². The first kappa shape index (κ1) is 48.2. The lowest BCUT2D eigenvalue weighted by Crippen LogP contribution is -2.18. The molecule has 48 heavy (non-hydrogen) atoms. The Bertz CT molecular complexity index is 728. The van der Waals surface area contributed by atoms with E-state index in [-0.39, 0.29) is 30.1 Å². The smallest absolute Gasteiger partial charge is 0.306 e. The minimum absolute atomic E-state index is 0.0250. The predicted octanol–water partition coefficient (Wildman–Crippen LogP) is 11.5. The molecule has 0 spiro atoms. The van der Waals surface area contributed by atoms with Gasteiger partial charge in [-0.1, -0.05) is 130 Å². The highest BCUT2D eigenvalue weighted by molar-refractivity contribution is 5.70. The molecule has 0 saturated carbocycles. The van der Waals surface area contributed by atoms with Crippen molar-refractivity contribution in [2.24, 2.45) is 5.73 Å². The van der Waals surface area contributed by atoms with Gasteiger partial charge in [-0.2, -0.15) is 0 Å². The van der Waals surface area contributed by atoms with Gasteiger partial charge in [-0.3, -0.25) is 14.4 Å². The number of carbonyl (C=O) groups excluding carboxylic acids is 3. The van der Waals surface area contributed by atoms with E-state index >= 15 is 0 Å². The van der Waals surface area contributed by atoms with Gasteiger partial charge >= 0.3 is 17.9 Å². The zero-order chi connectivity index (χ0) is 35.9. The fourth-order valence-corrected chi connectivity index (χ4v) is 5.42. The maximum atomic E-state index is 12.3. The predicted molar refractivity (Wildman–Crippen MR) is 202 cm³/mol. The summed E-state index contributed by atoms with van der Waals surface area (Å²) in [6.45, 7) is 11.8. The molecular weight excluding hydrogens is 602 g/mol. The van der Waals surface area contributed by atoms with Crippen molar-refractivity contribution >= 4 is 17.9 Å². The van der Waals surface area contributed by atoms with Crippen molar-refractivity contribution in [1.82, 2.24) is 0 Å². The molecule has 1 atom stereocenters. The molecule has 0 aromatic rings. The van der Waals surface area contributed by atoms with Gasteiger partial charge < -0.3 is 19.9 Å². The largest absolute Gasteiger partial charge is 0.462 e. The van der Waals surface area contributed by atoms with E-state index in [0.717, 1.165) is 89.9 Å². The molecule has 7 nitrogen and oxygen atoms in total. The Labute approximate surface area is 297 Å². The first-order valence-electron chi connectivity index (χ1n) is 20.3.